The Morgan fingerprint density at radius 3 is 2.54 bits per heavy atom. The van der Waals surface area contributed by atoms with Crippen molar-refractivity contribution in [3.05, 3.63) is 60.2 Å². The summed E-state index contributed by atoms with van der Waals surface area (Å²) in [5.74, 6) is -0.872. The third-order valence-electron chi connectivity index (χ3n) is 5.33. The van der Waals surface area contributed by atoms with E-state index >= 15 is 0 Å². The van der Waals surface area contributed by atoms with E-state index in [0.717, 1.165) is 5.56 Å². The number of sulfone groups is 1. The molecule has 0 saturated carbocycles. The Bertz CT molecular complexity index is 982. The van der Waals surface area contributed by atoms with Crippen molar-refractivity contribution in [3.63, 3.8) is 0 Å². The van der Waals surface area contributed by atoms with E-state index in [9.17, 15) is 18.0 Å². The number of rotatable bonds is 4. The van der Waals surface area contributed by atoms with Crippen LogP contribution in [0.4, 0.5) is 0 Å². The fourth-order valence-corrected chi connectivity index (χ4v) is 6.29. The Morgan fingerprint density at radius 2 is 1.86 bits per heavy atom. The van der Waals surface area contributed by atoms with E-state index in [1.165, 1.54) is 6.20 Å². The summed E-state index contributed by atoms with van der Waals surface area (Å²) in [6.07, 6.45) is 6.42. The van der Waals surface area contributed by atoms with Gasteiger partial charge >= 0.3 is 0 Å². The van der Waals surface area contributed by atoms with E-state index in [4.69, 9.17) is 0 Å². The molecule has 4 rings (SSSR count). The van der Waals surface area contributed by atoms with Gasteiger partial charge in [0.1, 0.15) is 0 Å². The summed E-state index contributed by atoms with van der Waals surface area (Å²) in [7, 11) is -3.38. The third kappa shape index (κ3) is 3.62. The second-order valence-corrected chi connectivity index (χ2v) is 9.46. The molecule has 2 saturated heterocycles. The van der Waals surface area contributed by atoms with Crippen LogP contribution in [0.3, 0.4) is 0 Å². The van der Waals surface area contributed by atoms with Gasteiger partial charge in [0.25, 0.3) is 5.91 Å². The molecule has 2 amide bonds. The minimum absolute atomic E-state index is 0.0873. The molecule has 2 aliphatic rings. The predicted octanol–water partition coefficient (Wildman–Crippen LogP) is 0.0731. The number of nitrogens with zero attached hydrogens (tertiary/aromatic N) is 3. The number of hydrogen-bond acceptors (Lipinski definition) is 6. The van der Waals surface area contributed by atoms with Gasteiger partial charge in [-0.3, -0.25) is 19.6 Å². The molecule has 9 heteroatoms. The molecule has 2 aromatic heterocycles. The summed E-state index contributed by atoms with van der Waals surface area (Å²) in [4.78, 5) is 34.5. The molecular weight excluding hydrogens is 380 g/mol. The highest BCUT2D eigenvalue weighted by molar-refractivity contribution is 7.92. The van der Waals surface area contributed by atoms with Crippen molar-refractivity contribution in [3.8, 4) is 0 Å². The lowest BCUT2D eigenvalue weighted by atomic mass is 10.00. The standard InChI is InChI=1S/C19H20N4O4S/c24-18(7-13-3-1-5-20-8-13)22-16-12-28(26,27)17-11-23(10-15(16)17)19(25)14-4-2-6-21-9-14/h1-6,8-9,15-17H,7,10-12H2,(H,22,24). The highest BCUT2D eigenvalue weighted by Gasteiger charge is 2.53. The molecule has 0 aliphatic carbocycles. The summed E-state index contributed by atoms with van der Waals surface area (Å²) >= 11 is 0. The molecule has 3 unspecified atom stereocenters. The van der Waals surface area contributed by atoms with Crippen molar-refractivity contribution < 1.29 is 18.0 Å². The van der Waals surface area contributed by atoms with Gasteiger partial charge in [-0.15, -0.1) is 0 Å². The van der Waals surface area contributed by atoms with Crippen LogP contribution in [0, 0.1) is 5.92 Å². The lowest BCUT2D eigenvalue weighted by molar-refractivity contribution is -0.121. The van der Waals surface area contributed by atoms with E-state index in [1.807, 2.05) is 0 Å². The highest BCUT2D eigenvalue weighted by Crippen LogP contribution is 2.34. The fourth-order valence-electron chi connectivity index (χ4n) is 4.00. The maximum Gasteiger partial charge on any atom is 0.255 e. The van der Waals surface area contributed by atoms with E-state index in [0.29, 0.717) is 12.1 Å². The Hall–Kier alpha value is -2.81. The van der Waals surface area contributed by atoms with Gasteiger partial charge in [-0.2, -0.15) is 0 Å². The number of likely N-dealkylation sites (tertiary alicyclic amines) is 1. The molecule has 0 spiro atoms. The average molecular weight is 400 g/mol. The summed E-state index contributed by atoms with van der Waals surface area (Å²) in [5.41, 5.74) is 1.19. The fraction of sp³-hybridized carbons (Fsp3) is 0.368. The van der Waals surface area contributed by atoms with Crippen molar-refractivity contribution in [1.29, 1.82) is 0 Å². The molecule has 3 atom stereocenters. The van der Waals surface area contributed by atoms with Crippen molar-refractivity contribution in [1.82, 2.24) is 20.2 Å². The molecule has 0 aromatic carbocycles. The van der Waals surface area contributed by atoms with Crippen molar-refractivity contribution >= 4 is 21.7 Å². The second-order valence-electron chi connectivity index (χ2n) is 7.20. The average Bonchev–Trinajstić information content (AvgIpc) is 3.23. The number of hydrogen-bond donors (Lipinski definition) is 1. The summed E-state index contributed by atoms with van der Waals surface area (Å²) in [5, 5.41) is 2.22. The SMILES string of the molecule is O=C(Cc1cccnc1)NC1CS(=O)(=O)C2CN(C(=O)c3cccnc3)CC12. The Morgan fingerprint density at radius 1 is 1.11 bits per heavy atom. The minimum Gasteiger partial charge on any atom is -0.352 e. The van der Waals surface area contributed by atoms with Crippen LogP contribution in [0.15, 0.2) is 49.1 Å². The molecular formula is C19H20N4O4S. The van der Waals surface area contributed by atoms with E-state index < -0.39 is 21.1 Å². The first-order valence-corrected chi connectivity index (χ1v) is 10.7. The number of fused-ring (bicyclic) bond motifs is 1. The van der Waals surface area contributed by atoms with Crippen molar-refractivity contribution in [2.24, 2.45) is 5.92 Å². The van der Waals surface area contributed by atoms with Crippen LogP contribution < -0.4 is 5.32 Å². The molecule has 4 heterocycles. The number of aromatic nitrogens is 2. The van der Waals surface area contributed by atoms with Gasteiger partial charge in [0.15, 0.2) is 9.84 Å². The van der Waals surface area contributed by atoms with E-state index in [-0.39, 0.29) is 36.5 Å². The van der Waals surface area contributed by atoms with Gasteiger partial charge in [0.05, 0.1) is 23.0 Å². The molecule has 2 fully saturated rings. The van der Waals surface area contributed by atoms with Crippen LogP contribution >= 0.6 is 0 Å². The molecule has 146 valence electrons. The quantitative estimate of drug-likeness (QED) is 0.778. The minimum atomic E-state index is -3.38. The molecule has 1 N–H and O–H groups in total. The van der Waals surface area contributed by atoms with Crippen LogP contribution in [0.5, 0.6) is 0 Å². The third-order valence-corrected chi connectivity index (χ3v) is 7.57. The maximum absolute atomic E-state index is 12.7. The van der Waals surface area contributed by atoms with E-state index in [2.05, 4.69) is 15.3 Å². The van der Waals surface area contributed by atoms with Crippen molar-refractivity contribution in [2.75, 3.05) is 18.8 Å². The Balaban J connectivity index is 1.46. The number of nitrogens with one attached hydrogen (secondary N) is 1. The zero-order chi connectivity index (χ0) is 19.7. The largest absolute Gasteiger partial charge is 0.352 e. The molecule has 8 nitrogen and oxygen atoms in total. The lowest BCUT2D eigenvalue weighted by Gasteiger charge is -2.21. The maximum atomic E-state index is 12.7. The van der Waals surface area contributed by atoms with Crippen LogP contribution in [-0.2, 0) is 21.1 Å². The van der Waals surface area contributed by atoms with Crippen LogP contribution in [0.2, 0.25) is 0 Å². The zero-order valence-electron chi connectivity index (χ0n) is 15.1. The molecule has 2 aromatic rings. The molecule has 2 aliphatic heterocycles. The van der Waals surface area contributed by atoms with Gasteiger partial charge in [-0.25, -0.2) is 8.42 Å². The van der Waals surface area contributed by atoms with Gasteiger partial charge < -0.3 is 10.2 Å². The van der Waals surface area contributed by atoms with Gasteiger partial charge in [0.2, 0.25) is 5.91 Å². The van der Waals surface area contributed by atoms with Crippen molar-refractivity contribution in [2.45, 2.75) is 17.7 Å². The Labute approximate surface area is 162 Å². The Kier molecular flexibility index (Phi) is 4.84. The first-order valence-electron chi connectivity index (χ1n) is 9.03. The van der Waals surface area contributed by atoms with Gasteiger partial charge in [-0.1, -0.05) is 6.07 Å². The predicted molar refractivity (Wildman–Crippen MR) is 101 cm³/mol. The van der Waals surface area contributed by atoms with Gasteiger partial charge in [-0.05, 0) is 23.8 Å². The normalized spacial score (nSPS) is 25.3. The first kappa shape index (κ1) is 18.5. The monoisotopic (exact) mass is 400 g/mol. The van der Waals surface area contributed by atoms with E-state index in [1.54, 1.807) is 47.8 Å². The number of carbonyl (C=O) groups excluding carboxylic acids is 2. The smallest absolute Gasteiger partial charge is 0.255 e. The summed E-state index contributed by atoms with van der Waals surface area (Å²) in [6, 6.07) is 6.38. The number of pyridine rings is 2. The van der Waals surface area contributed by atoms with Crippen LogP contribution in [-0.4, -0.2) is 65.2 Å². The van der Waals surface area contributed by atoms with Gasteiger partial charge in [0, 0.05) is 49.8 Å². The summed E-state index contributed by atoms with van der Waals surface area (Å²) < 4.78 is 25.2. The number of amides is 2. The second kappa shape index (κ2) is 7.31. The summed E-state index contributed by atoms with van der Waals surface area (Å²) in [6.45, 7) is 0.450. The van der Waals surface area contributed by atoms with Crippen LogP contribution in [0.25, 0.3) is 0 Å². The lowest BCUT2D eigenvalue weighted by Crippen LogP contribution is -2.43. The topological polar surface area (TPSA) is 109 Å². The first-order chi connectivity index (χ1) is 13.4. The van der Waals surface area contributed by atoms with Crippen LogP contribution in [0.1, 0.15) is 15.9 Å². The zero-order valence-corrected chi connectivity index (χ0v) is 15.9. The highest BCUT2D eigenvalue weighted by atomic mass is 32.2. The molecule has 0 bridgehead atoms. The molecule has 0 radical (unpaired) electrons. The number of carbonyl (C=O) groups is 2. The molecule has 28 heavy (non-hydrogen) atoms.